The quantitative estimate of drug-likeness (QED) is 0.724. The molecule has 4 nitrogen and oxygen atoms in total. The lowest BCUT2D eigenvalue weighted by atomic mass is 9.84. The van der Waals surface area contributed by atoms with Gasteiger partial charge in [-0.25, -0.2) is 8.78 Å². The van der Waals surface area contributed by atoms with Gasteiger partial charge in [-0.15, -0.1) is 11.8 Å². The number of nitrogens with one attached hydrogen (secondary N) is 2. The monoisotopic (exact) mass is 428 g/mol. The minimum absolute atomic E-state index is 0.0512. The minimum atomic E-state index is -0.359. The molecule has 7 heteroatoms. The van der Waals surface area contributed by atoms with Crippen molar-refractivity contribution in [3.8, 4) is 0 Å². The van der Waals surface area contributed by atoms with Crippen LogP contribution in [0.15, 0.2) is 53.4 Å². The first-order chi connectivity index (χ1) is 14.5. The van der Waals surface area contributed by atoms with Gasteiger partial charge in [-0.2, -0.15) is 0 Å². The smallest absolute Gasteiger partial charge is 0.257 e. The third-order valence-electron chi connectivity index (χ3n) is 5.55. The molecule has 2 aromatic rings. The van der Waals surface area contributed by atoms with E-state index in [9.17, 15) is 18.4 Å². The Labute approximate surface area is 178 Å². The number of fused-ring (bicyclic) bond motifs is 1. The van der Waals surface area contributed by atoms with E-state index in [1.807, 2.05) is 0 Å². The van der Waals surface area contributed by atoms with Gasteiger partial charge in [-0.05, 0) is 49.1 Å². The van der Waals surface area contributed by atoms with Crippen molar-refractivity contribution < 1.29 is 18.4 Å². The average Bonchev–Trinajstić information content (AvgIpc) is 2.75. The lowest BCUT2D eigenvalue weighted by Crippen LogP contribution is -2.51. The Morgan fingerprint density at radius 1 is 1.13 bits per heavy atom. The fraction of sp³-hybridized carbons (Fsp3) is 0.304. The molecule has 1 saturated carbocycles. The highest BCUT2D eigenvalue weighted by molar-refractivity contribution is 8.04. The van der Waals surface area contributed by atoms with Gasteiger partial charge in [0.1, 0.15) is 11.6 Å². The second-order valence-corrected chi connectivity index (χ2v) is 8.90. The molecule has 30 heavy (non-hydrogen) atoms. The molecule has 2 aromatic carbocycles. The van der Waals surface area contributed by atoms with Crippen LogP contribution in [0.3, 0.4) is 0 Å². The number of halogens is 2. The number of hydrogen-bond donors (Lipinski definition) is 2. The van der Waals surface area contributed by atoms with Gasteiger partial charge >= 0.3 is 0 Å². The first-order valence-corrected chi connectivity index (χ1v) is 10.8. The number of carbonyl (C=O) groups excluding carboxylic acids is 2. The molecule has 2 fully saturated rings. The molecule has 3 unspecified atom stereocenters. The summed E-state index contributed by atoms with van der Waals surface area (Å²) in [6.45, 7) is 0.348. The van der Waals surface area contributed by atoms with Crippen molar-refractivity contribution in [3.63, 3.8) is 0 Å². The standard InChI is InChI=1S/C23H22F2N2O2S/c24-17-8-5-14(6-9-17)13-26-22(28)16-7-10-20-19(11-16)27-23(29)21(30-20)12-15-3-1-2-4-18(15)25/h1-6,8-9,12,16,19-20H,7,10-11,13H2,(H,26,28)(H,27,29)/b21-12+. The van der Waals surface area contributed by atoms with Gasteiger partial charge in [0.25, 0.3) is 5.91 Å². The van der Waals surface area contributed by atoms with Crippen molar-refractivity contribution in [2.45, 2.75) is 37.1 Å². The maximum absolute atomic E-state index is 13.9. The van der Waals surface area contributed by atoms with Gasteiger partial charge in [-0.3, -0.25) is 9.59 Å². The molecule has 3 atom stereocenters. The van der Waals surface area contributed by atoms with Gasteiger partial charge in [0.2, 0.25) is 5.91 Å². The van der Waals surface area contributed by atoms with Gasteiger partial charge < -0.3 is 10.6 Å². The molecule has 0 bridgehead atoms. The van der Waals surface area contributed by atoms with Crippen molar-refractivity contribution in [1.29, 1.82) is 0 Å². The van der Waals surface area contributed by atoms with E-state index in [1.165, 1.54) is 30.0 Å². The van der Waals surface area contributed by atoms with E-state index in [0.717, 1.165) is 18.4 Å². The number of benzene rings is 2. The highest BCUT2D eigenvalue weighted by atomic mass is 32.2. The van der Waals surface area contributed by atoms with Crippen LogP contribution in [0.4, 0.5) is 8.78 Å². The SMILES string of the molecule is O=C1NC2CC(C(=O)NCc3ccc(F)cc3)CCC2S/C1=C/c1ccccc1F. The van der Waals surface area contributed by atoms with Crippen LogP contribution in [0.1, 0.15) is 30.4 Å². The molecular weight excluding hydrogens is 406 g/mol. The molecule has 1 aliphatic heterocycles. The number of thioether (sulfide) groups is 1. The second-order valence-electron chi connectivity index (χ2n) is 7.62. The molecule has 1 saturated heterocycles. The maximum Gasteiger partial charge on any atom is 0.257 e. The second kappa shape index (κ2) is 9.00. The number of hydrogen-bond acceptors (Lipinski definition) is 3. The van der Waals surface area contributed by atoms with Gasteiger partial charge in [-0.1, -0.05) is 30.3 Å². The van der Waals surface area contributed by atoms with E-state index < -0.39 is 0 Å². The van der Waals surface area contributed by atoms with Gasteiger partial charge in [0.15, 0.2) is 0 Å². The zero-order valence-electron chi connectivity index (χ0n) is 16.2. The molecule has 2 amide bonds. The molecule has 2 N–H and O–H groups in total. The van der Waals surface area contributed by atoms with Crippen LogP contribution in [-0.4, -0.2) is 23.1 Å². The fourth-order valence-electron chi connectivity index (χ4n) is 3.90. The third-order valence-corrected chi connectivity index (χ3v) is 6.97. The van der Waals surface area contributed by atoms with E-state index in [-0.39, 0.29) is 40.7 Å². The van der Waals surface area contributed by atoms with Crippen molar-refractivity contribution in [1.82, 2.24) is 10.6 Å². The molecule has 4 rings (SSSR count). The molecule has 0 aromatic heterocycles. The Hall–Kier alpha value is -2.67. The highest BCUT2D eigenvalue weighted by Crippen LogP contribution is 2.40. The van der Waals surface area contributed by atoms with Crippen LogP contribution in [0, 0.1) is 17.6 Å². The summed E-state index contributed by atoms with van der Waals surface area (Å²) >= 11 is 1.47. The molecule has 0 spiro atoms. The Morgan fingerprint density at radius 2 is 1.90 bits per heavy atom. The zero-order chi connectivity index (χ0) is 21.1. The summed E-state index contributed by atoms with van der Waals surface area (Å²) < 4.78 is 26.9. The maximum atomic E-state index is 13.9. The van der Waals surface area contributed by atoms with Crippen molar-refractivity contribution in [2.75, 3.05) is 0 Å². The first kappa shape index (κ1) is 20.6. The highest BCUT2D eigenvalue weighted by Gasteiger charge is 2.39. The molecule has 1 aliphatic carbocycles. The predicted molar refractivity (Wildman–Crippen MR) is 113 cm³/mol. The van der Waals surface area contributed by atoms with E-state index in [1.54, 1.807) is 36.4 Å². The Kier molecular flexibility index (Phi) is 6.18. The Bertz CT molecular complexity index is 977. The topological polar surface area (TPSA) is 58.2 Å². The van der Waals surface area contributed by atoms with Crippen LogP contribution in [0.25, 0.3) is 6.08 Å². The summed E-state index contributed by atoms with van der Waals surface area (Å²) in [6, 6.07) is 12.3. The zero-order valence-corrected chi connectivity index (χ0v) is 17.1. The largest absolute Gasteiger partial charge is 0.352 e. The lowest BCUT2D eigenvalue weighted by Gasteiger charge is -2.39. The number of carbonyl (C=O) groups is 2. The van der Waals surface area contributed by atoms with E-state index in [4.69, 9.17) is 0 Å². The molecular formula is C23H22F2N2O2S. The molecule has 1 heterocycles. The lowest BCUT2D eigenvalue weighted by molar-refractivity contribution is -0.127. The van der Waals surface area contributed by atoms with Gasteiger partial charge in [0, 0.05) is 29.3 Å². The number of amides is 2. The average molecular weight is 429 g/mol. The number of rotatable bonds is 4. The normalized spacial score (nSPS) is 24.8. The summed E-state index contributed by atoms with van der Waals surface area (Å²) in [5, 5.41) is 6.08. The predicted octanol–water partition coefficient (Wildman–Crippen LogP) is 4.02. The minimum Gasteiger partial charge on any atom is -0.352 e. The van der Waals surface area contributed by atoms with Crippen LogP contribution in [0.2, 0.25) is 0 Å². The van der Waals surface area contributed by atoms with Crippen LogP contribution >= 0.6 is 11.8 Å². The van der Waals surface area contributed by atoms with Crippen molar-refractivity contribution in [3.05, 3.63) is 76.2 Å². The van der Waals surface area contributed by atoms with Crippen LogP contribution < -0.4 is 10.6 Å². The van der Waals surface area contributed by atoms with E-state index >= 15 is 0 Å². The molecule has 0 radical (unpaired) electrons. The summed E-state index contributed by atoms with van der Waals surface area (Å²) in [6.07, 6.45) is 3.68. The summed E-state index contributed by atoms with van der Waals surface area (Å²) in [4.78, 5) is 25.6. The summed E-state index contributed by atoms with van der Waals surface area (Å²) in [5.74, 6) is -1.12. The first-order valence-electron chi connectivity index (χ1n) is 9.95. The van der Waals surface area contributed by atoms with Crippen LogP contribution in [0.5, 0.6) is 0 Å². The molecule has 156 valence electrons. The molecule has 2 aliphatic rings. The summed E-state index contributed by atoms with van der Waals surface area (Å²) in [7, 11) is 0. The van der Waals surface area contributed by atoms with Crippen molar-refractivity contribution >= 4 is 29.7 Å². The summed E-state index contributed by atoms with van der Waals surface area (Å²) in [5.41, 5.74) is 1.23. The third kappa shape index (κ3) is 4.73. The van der Waals surface area contributed by atoms with Crippen LogP contribution in [-0.2, 0) is 16.1 Å². The fourth-order valence-corrected chi connectivity index (χ4v) is 5.18. The van der Waals surface area contributed by atoms with E-state index in [0.29, 0.717) is 23.4 Å². The Morgan fingerprint density at radius 3 is 2.67 bits per heavy atom. The van der Waals surface area contributed by atoms with E-state index in [2.05, 4.69) is 10.6 Å². The van der Waals surface area contributed by atoms with Gasteiger partial charge in [0.05, 0.1) is 4.91 Å². The Balaban J connectivity index is 1.35. The van der Waals surface area contributed by atoms with Crippen molar-refractivity contribution in [2.24, 2.45) is 5.92 Å².